The summed E-state index contributed by atoms with van der Waals surface area (Å²) in [4.78, 5) is 4.99. The van der Waals surface area contributed by atoms with Gasteiger partial charge in [0.05, 0.1) is 50.2 Å². The Kier molecular flexibility index (Phi) is 8.52. The van der Waals surface area contributed by atoms with E-state index in [4.69, 9.17) is 9.72 Å². The van der Waals surface area contributed by atoms with E-state index >= 15 is 0 Å². The summed E-state index contributed by atoms with van der Waals surface area (Å²) >= 11 is 0. The van der Waals surface area contributed by atoms with Gasteiger partial charge < -0.3 is 9.30 Å². The molecule has 0 atom stereocenters. The number of imidazole rings is 1. The SMILES string of the molecule is CC(C)(C)c1cc(-n2[c-][n+](-c3cccc(Oc4ccc5c6ccccc6n(-c6cc(-n7c8ccccc8c8ccccc87)ccn6)c5c4)c3)c3ccccc32)cc(C(C)(C)C)c1. The molecule has 62 heavy (non-hydrogen) atoms. The molecule has 0 spiro atoms. The Morgan fingerprint density at radius 3 is 1.68 bits per heavy atom. The second-order valence-electron chi connectivity index (χ2n) is 18.4. The van der Waals surface area contributed by atoms with Gasteiger partial charge in [0.1, 0.15) is 17.3 Å². The van der Waals surface area contributed by atoms with E-state index in [-0.39, 0.29) is 10.8 Å². The molecule has 0 bridgehead atoms. The highest BCUT2D eigenvalue weighted by Crippen LogP contribution is 2.38. The van der Waals surface area contributed by atoms with Crippen LogP contribution in [0.3, 0.4) is 0 Å². The maximum atomic E-state index is 6.75. The molecule has 0 radical (unpaired) electrons. The maximum absolute atomic E-state index is 6.75. The number of para-hydroxylation sites is 5. The van der Waals surface area contributed by atoms with Crippen molar-refractivity contribution < 1.29 is 9.30 Å². The monoisotopic (exact) mass is 805 g/mol. The van der Waals surface area contributed by atoms with Gasteiger partial charge >= 0.3 is 0 Å². The number of aromatic nitrogens is 5. The lowest BCUT2D eigenvalue weighted by molar-refractivity contribution is -0.572. The molecular weight excluding hydrogens is 759 g/mol. The molecule has 0 fully saturated rings. The van der Waals surface area contributed by atoms with Gasteiger partial charge in [-0.3, -0.25) is 13.7 Å². The molecule has 0 aliphatic carbocycles. The summed E-state index contributed by atoms with van der Waals surface area (Å²) in [6.45, 7) is 13.7. The highest BCUT2D eigenvalue weighted by atomic mass is 16.5. The molecule has 6 nitrogen and oxygen atoms in total. The van der Waals surface area contributed by atoms with E-state index < -0.39 is 0 Å². The summed E-state index contributed by atoms with van der Waals surface area (Å²) in [6.07, 6.45) is 5.65. The van der Waals surface area contributed by atoms with E-state index in [9.17, 15) is 0 Å². The average Bonchev–Trinajstić information content (AvgIpc) is 3.94. The molecule has 4 heterocycles. The van der Waals surface area contributed by atoms with Crippen molar-refractivity contribution in [3.8, 4) is 34.4 Å². The zero-order chi connectivity index (χ0) is 42.3. The summed E-state index contributed by atoms with van der Waals surface area (Å²) in [7, 11) is 0. The number of rotatable bonds is 6. The third-order valence-corrected chi connectivity index (χ3v) is 12.2. The third kappa shape index (κ3) is 6.25. The lowest BCUT2D eigenvalue weighted by Gasteiger charge is -2.26. The van der Waals surface area contributed by atoms with Crippen LogP contribution in [0.25, 0.3) is 77.5 Å². The number of ether oxygens (including phenoxy) is 1. The molecule has 0 N–H and O–H groups in total. The fraction of sp³-hybridized carbons (Fsp3) is 0.143. The fourth-order valence-electron chi connectivity index (χ4n) is 9.00. The number of hydrogen-bond donors (Lipinski definition) is 0. The number of hydrogen-bond acceptors (Lipinski definition) is 2. The zero-order valence-corrected chi connectivity index (χ0v) is 35.9. The van der Waals surface area contributed by atoms with Gasteiger partial charge in [0.2, 0.25) is 0 Å². The first-order valence-corrected chi connectivity index (χ1v) is 21.4. The van der Waals surface area contributed by atoms with Crippen LogP contribution in [0.15, 0.2) is 176 Å². The van der Waals surface area contributed by atoms with E-state index in [0.29, 0.717) is 0 Å². The van der Waals surface area contributed by atoms with Crippen LogP contribution in [-0.4, -0.2) is 18.7 Å². The Hall–Kier alpha value is -7.44. The molecule has 0 aliphatic rings. The van der Waals surface area contributed by atoms with Crippen molar-refractivity contribution in [2.24, 2.45) is 0 Å². The van der Waals surface area contributed by atoms with Gasteiger partial charge in [-0.1, -0.05) is 133 Å². The summed E-state index contributed by atoms with van der Waals surface area (Å²) in [5, 5.41) is 4.75. The predicted octanol–water partition coefficient (Wildman–Crippen LogP) is 13.7. The minimum Gasteiger partial charge on any atom is -0.458 e. The van der Waals surface area contributed by atoms with Gasteiger partial charge in [-0.2, -0.15) is 0 Å². The summed E-state index contributed by atoms with van der Waals surface area (Å²) in [5.74, 6) is 2.31. The molecule has 11 rings (SSSR count). The molecular formula is C56H47N5O. The molecule has 302 valence electrons. The predicted molar refractivity (Wildman–Crippen MR) is 254 cm³/mol. The highest BCUT2D eigenvalue weighted by Gasteiger charge is 2.23. The van der Waals surface area contributed by atoms with Crippen LogP contribution in [0.2, 0.25) is 0 Å². The quantitative estimate of drug-likeness (QED) is 0.124. The van der Waals surface area contributed by atoms with Crippen molar-refractivity contribution in [3.63, 3.8) is 0 Å². The molecule has 6 heteroatoms. The van der Waals surface area contributed by atoms with Crippen molar-refractivity contribution >= 4 is 54.6 Å². The van der Waals surface area contributed by atoms with Gasteiger partial charge in [-0.25, -0.2) is 4.98 Å². The molecule has 7 aromatic carbocycles. The summed E-state index contributed by atoms with van der Waals surface area (Å²) in [6, 6.07) is 60.2. The van der Waals surface area contributed by atoms with Crippen LogP contribution >= 0.6 is 0 Å². The van der Waals surface area contributed by atoms with Crippen LogP contribution in [0.1, 0.15) is 52.7 Å². The topological polar surface area (TPSA) is 40.8 Å². The van der Waals surface area contributed by atoms with Crippen LogP contribution < -0.4 is 9.30 Å². The van der Waals surface area contributed by atoms with Gasteiger partial charge in [-0.15, -0.1) is 0 Å². The Labute approximate surface area is 361 Å². The van der Waals surface area contributed by atoms with Crippen molar-refractivity contribution in [1.82, 2.24) is 18.7 Å². The van der Waals surface area contributed by atoms with Gasteiger partial charge in [0, 0.05) is 39.9 Å². The van der Waals surface area contributed by atoms with Crippen molar-refractivity contribution in [3.05, 3.63) is 194 Å². The van der Waals surface area contributed by atoms with E-state index in [0.717, 1.165) is 78.3 Å². The first-order chi connectivity index (χ1) is 30.0. The summed E-state index contributed by atoms with van der Waals surface area (Å²) < 4.78 is 15.7. The number of nitrogens with zero attached hydrogens (tertiary/aromatic N) is 5. The molecule has 0 unspecified atom stereocenters. The average molecular weight is 806 g/mol. The number of benzene rings is 7. The molecule has 0 saturated carbocycles. The van der Waals surface area contributed by atoms with Crippen molar-refractivity contribution in [1.29, 1.82) is 0 Å². The van der Waals surface area contributed by atoms with Crippen LogP contribution in [0.4, 0.5) is 0 Å². The number of pyridine rings is 1. The van der Waals surface area contributed by atoms with Crippen LogP contribution in [0.5, 0.6) is 11.5 Å². The summed E-state index contributed by atoms with van der Waals surface area (Å²) in [5.41, 5.74) is 12.3. The highest BCUT2D eigenvalue weighted by molar-refractivity contribution is 6.10. The van der Waals surface area contributed by atoms with E-state index in [1.807, 2.05) is 12.3 Å². The van der Waals surface area contributed by atoms with E-state index in [1.54, 1.807) is 0 Å². The molecule has 4 aromatic heterocycles. The zero-order valence-electron chi connectivity index (χ0n) is 35.9. The van der Waals surface area contributed by atoms with Crippen molar-refractivity contribution in [2.45, 2.75) is 52.4 Å². The van der Waals surface area contributed by atoms with Gasteiger partial charge in [0.25, 0.3) is 6.33 Å². The Bertz CT molecular complexity index is 3450. The minimum atomic E-state index is -0.00794. The largest absolute Gasteiger partial charge is 0.458 e. The number of fused-ring (bicyclic) bond motifs is 7. The Morgan fingerprint density at radius 2 is 1.03 bits per heavy atom. The molecule has 11 aromatic rings. The second-order valence-corrected chi connectivity index (χ2v) is 18.4. The standard InChI is InChI=1S/C56H47N5O/c1-55(2,3)37-30-38(56(4,5)6)32-41(31-37)59-36-58(51-24-13-14-25-52(51)59)39-16-15-17-42(33-39)62-43-26-27-47-46-20-9-12-23-50(46)61(53(47)35-43)54-34-40(28-29-57-54)60-48-21-10-7-18-44(48)45-19-8-11-22-49(45)60/h7-35H,1-6H3. The van der Waals surface area contributed by atoms with Gasteiger partial charge in [0.15, 0.2) is 0 Å². The maximum Gasteiger partial charge on any atom is 0.269 e. The smallest absolute Gasteiger partial charge is 0.269 e. The third-order valence-electron chi connectivity index (χ3n) is 12.2. The fourth-order valence-corrected chi connectivity index (χ4v) is 9.00. The molecule has 0 aliphatic heterocycles. The lowest BCUT2D eigenvalue weighted by atomic mass is 9.80. The normalized spacial score (nSPS) is 12.4. The molecule has 0 amide bonds. The van der Waals surface area contributed by atoms with Crippen LogP contribution in [-0.2, 0) is 10.8 Å². The van der Waals surface area contributed by atoms with Crippen molar-refractivity contribution in [2.75, 3.05) is 0 Å². The first kappa shape index (κ1) is 37.6. The van der Waals surface area contributed by atoms with Crippen LogP contribution in [0, 0.1) is 6.33 Å². The first-order valence-electron chi connectivity index (χ1n) is 21.4. The van der Waals surface area contributed by atoms with Gasteiger partial charge in [-0.05, 0) is 88.7 Å². The molecule has 0 saturated heterocycles. The Balaban J connectivity index is 0.996. The Morgan fingerprint density at radius 1 is 0.468 bits per heavy atom. The van der Waals surface area contributed by atoms with E-state index in [1.165, 1.54) is 21.9 Å². The lowest BCUT2D eigenvalue weighted by Crippen LogP contribution is -2.29. The van der Waals surface area contributed by atoms with E-state index in [2.05, 4.69) is 230 Å². The second kappa shape index (κ2) is 14.1. The minimum absolute atomic E-state index is 0.00794.